The van der Waals surface area contributed by atoms with Crippen molar-refractivity contribution in [2.45, 2.75) is 20.0 Å². The van der Waals surface area contributed by atoms with Crippen molar-refractivity contribution in [3.63, 3.8) is 0 Å². The largest absolute Gasteiger partial charge is 0.448 e. The molecule has 0 aliphatic carbocycles. The van der Waals surface area contributed by atoms with Gasteiger partial charge in [-0.2, -0.15) is 0 Å². The number of imidazole rings is 1. The third-order valence-corrected chi connectivity index (χ3v) is 4.40. The van der Waals surface area contributed by atoms with Crippen molar-refractivity contribution in [1.82, 2.24) is 9.38 Å². The summed E-state index contributed by atoms with van der Waals surface area (Å²) >= 11 is 12.0. The lowest BCUT2D eigenvalue weighted by Gasteiger charge is -2.14. The zero-order valence-electron chi connectivity index (χ0n) is 14.0. The number of hydrogen-bond donors (Lipinski definition) is 1. The highest BCUT2D eigenvalue weighted by Crippen LogP contribution is 2.30. The second-order valence-electron chi connectivity index (χ2n) is 5.65. The summed E-state index contributed by atoms with van der Waals surface area (Å²) in [6.07, 6.45) is 0.517. The molecule has 0 fully saturated rings. The van der Waals surface area contributed by atoms with Crippen LogP contribution >= 0.6 is 23.2 Å². The van der Waals surface area contributed by atoms with Gasteiger partial charge in [-0.1, -0.05) is 35.3 Å². The first-order chi connectivity index (χ1) is 12.4. The number of amides is 1. The SMILES string of the molecule is Cc1cccc2nc(C(=O)O[C@H](C)C(=O)Nc3c(Cl)cccc3Cl)cn12. The van der Waals surface area contributed by atoms with Crippen LogP contribution in [0.5, 0.6) is 0 Å². The molecule has 0 saturated heterocycles. The molecule has 6 nitrogen and oxygen atoms in total. The minimum Gasteiger partial charge on any atom is -0.448 e. The van der Waals surface area contributed by atoms with Gasteiger partial charge in [0.25, 0.3) is 5.91 Å². The first-order valence-electron chi connectivity index (χ1n) is 7.77. The number of hydrogen-bond acceptors (Lipinski definition) is 4. The van der Waals surface area contributed by atoms with E-state index in [1.54, 1.807) is 34.9 Å². The molecule has 0 saturated carbocycles. The molecule has 0 bridgehead atoms. The maximum Gasteiger partial charge on any atom is 0.359 e. The fourth-order valence-corrected chi connectivity index (χ4v) is 2.86. The van der Waals surface area contributed by atoms with Gasteiger partial charge in [-0.05, 0) is 38.1 Å². The fraction of sp³-hybridized carbons (Fsp3) is 0.167. The smallest absolute Gasteiger partial charge is 0.359 e. The molecule has 1 atom stereocenters. The number of nitrogens with one attached hydrogen (secondary N) is 1. The van der Waals surface area contributed by atoms with E-state index in [1.807, 2.05) is 19.1 Å². The van der Waals surface area contributed by atoms with Crippen molar-refractivity contribution in [2.75, 3.05) is 5.32 Å². The van der Waals surface area contributed by atoms with Crippen LogP contribution in [0.15, 0.2) is 42.6 Å². The fourth-order valence-electron chi connectivity index (χ4n) is 2.36. The molecular formula is C18H15Cl2N3O3. The van der Waals surface area contributed by atoms with Gasteiger partial charge in [-0.3, -0.25) is 4.79 Å². The molecule has 0 aliphatic rings. The van der Waals surface area contributed by atoms with E-state index < -0.39 is 18.0 Å². The Morgan fingerprint density at radius 1 is 1.15 bits per heavy atom. The number of benzene rings is 1. The van der Waals surface area contributed by atoms with Crippen LogP contribution in [0, 0.1) is 6.92 Å². The van der Waals surface area contributed by atoms with Gasteiger partial charge < -0.3 is 14.5 Å². The molecule has 0 spiro atoms. The Hall–Kier alpha value is -2.57. The van der Waals surface area contributed by atoms with Crippen molar-refractivity contribution >= 4 is 46.4 Å². The van der Waals surface area contributed by atoms with Crippen molar-refractivity contribution in [3.05, 3.63) is 64.0 Å². The van der Waals surface area contributed by atoms with E-state index in [2.05, 4.69) is 10.3 Å². The van der Waals surface area contributed by atoms with E-state index in [0.29, 0.717) is 15.7 Å². The Morgan fingerprint density at radius 3 is 2.46 bits per heavy atom. The Kier molecular flexibility index (Phi) is 5.15. The molecule has 1 N–H and O–H groups in total. The number of carbonyl (C=O) groups is 2. The number of para-hydroxylation sites is 1. The van der Waals surface area contributed by atoms with E-state index in [-0.39, 0.29) is 11.4 Å². The number of halogens is 2. The highest BCUT2D eigenvalue weighted by Gasteiger charge is 2.22. The zero-order valence-corrected chi connectivity index (χ0v) is 15.5. The number of rotatable bonds is 4. The maximum atomic E-state index is 12.3. The van der Waals surface area contributed by atoms with Crippen LogP contribution in [-0.4, -0.2) is 27.4 Å². The van der Waals surface area contributed by atoms with E-state index in [0.717, 1.165) is 5.69 Å². The number of ether oxygens (including phenoxy) is 1. The Balaban J connectivity index is 1.72. The number of esters is 1. The standard InChI is InChI=1S/C18H15Cl2N3O3/c1-10-5-3-8-15-21-14(9-23(10)15)18(25)26-11(2)17(24)22-16-12(19)6-4-7-13(16)20/h3-9,11H,1-2H3,(H,22,24)/t11-/m1/s1. The lowest BCUT2D eigenvalue weighted by molar-refractivity contribution is -0.123. The molecule has 2 heterocycles. The monoisotopic (exact) mass is 391 g/mol. The van der Waals surface area contributed by atoms with Gasteiger partial charge in [0, 0.05) is 11.9 Å². The summed E-state index contributed by atoms with van der Waals surface area (Å²) in [6.45, 7) is 3.35. The predicted octanol–water partition coefficient (Wildman–Crippen LogP) is 4.13. The van der Waals surface area contributed by atoms with Crippen molar-refractivity contribution in [1.29, 1.82) is 0 Å². The van der Waals surface area contributed by atoms with Gasteiger partial charge >= 0.3 is 5.97 Å². The number of anilines is 1. The van der Waals surface area contributed by atoms with Gasteiger partial charge in [0.2, 0.25) is 0 Å². The number of aryl methyl sites for hydroxylation is 1. The molecule has 3 aromatic rings. The molecule has 134 valence electrons. The van der Waals surface area contributed by atoms with Gasteiger partial charge in [-0.25, -0.2) is 9.78 Å². The second-order valence-corrected chi connectivity index (χ2v) is 6.47. The van der Waals surface area contributed by atoms with Crippen LogP contribution in [0.25, 0.3) is 5.65 Å². The lowest BCUT2D eigenvalue weighted by Crippen LogP contribution is -2.30. The number of fused-ring (bicyclic) bond motifs is 1. The quantitative estimate of drug-likeness (QED) is 0.678. The van der Waals surface area contributed by atoms with Crippen LogP contribution in [0.1, 0.15) is 23.1 Å². The van der Waals surface area contributed by atoms with E-state index in [9.17, 15) is 9.59 Å². The van der Waals surface area contributed by atoms with Gasteiger partial charge in [0.15, 0.2) is 11.8 Å². The highest BCUT2D eigenvalue weighted by atomic mass is 35.5. The van der Waals surface area contributed by atoms with E-state index >= 15 is 0 Å². The summed E-state index contributed by atoms with van der Waals surface area (Å²) in [5.74, 6) is -1.24. The van der Waals surface area contributed by atoms with Crippen LogP contribution < -0.4 is 5.32 Å². The topological polar surface area (TPSA) is 72.7 Å². The molecule has 8 heteroatoms. The number of aromatic nitrogens is 2. The minimum absolute atomic E-state index is 0.120. The number of pyridine rings is 1. The summed E-state index contributed by atoms with van der Waals surface area (Å²) in [5, 5.41) is 3.15. The normalized spacial score (nSPS) is 12.0. The van der Waals surface area contributed by atoms with Crippen molar-refractivity contribution in [2.24, 2.45) is 0 Å². The number of nitrogens with zero attached hydrogens (tertiary/aromatic N) is 2. The molecule has 1 aromatic carbocycles. The average molecular weight is 392 g/mol. The van der Waals surface area contributed by atoms with Crippen LogP contribution in [0.2, 0.25) is 10.0 Å². The lowest BCUT2D eigenvalue weighted by atomic mass is 10.3. The van der Waals surface area contributed by atoms with E-state index in [1.165, 1.54) is 6.92 Å². The predicted molar refractivity (Wildman–Crippen MR) is 99.9 cm³/mol. The zero-order chi connectivity index (χ0) is 18.8. The van der Waals surface area contributed by atoms with E-state index in [4.69, 9.17) is 27.9 Å². The van der Waals surface area contributed by atoms with Crippen molar-refractivity contribution < 1.29 is 14.3 Å². The summed E-state index contributed by atoms with van der Waals surface area (Å²) in [5.41, 5.74) is 1.94. The van der Waals surface area contributed by atoms with Crippen LogP contribution in [-0.2, 0) is 9.53 Å². The third kappa shape index (κ3) is 3.66. The average Bonchev–Trinajstić information content (AvgIpc) is 3.04. The number of carbonyl (C=O) groups excluding carboxylic acids is 2. The molecular weight excluding hydrogens is 377 g/mol. The summed E-state index contributed by atoms with van der Waals surface area (Å²) in [6, 6.07) is 10.4. The first kappa shape index (κ1) is 18.2. The third-order valence-electron chi connectivity index (χ3n) is 3.77. The molecule has 1 amide bonds. The Morgan fingerprint density at radius 2 is 1.81 bits per heavy atom. The molecule has 3 rings (SSSR count). The maximum absolute atomic E-state index is 12.3. The summed E-state index contributed by atoms with van der Waals surface area (Å²) in [7, 11) is 0. The summed E-state index contributed by atoms with van der Waals surface area (Å²) in [4.78, 5) is 28.8. The molecule has 0 unspecified atom stereocenters. The van der Waals surface area contributed by atoms with Gasteiger partial charge in [0.1, 0.15) is 5.65 Å². The minimum atomic E-state index is -1.05. The van der Waals surface area contributed by atoms with Crippen molar-refractivity contribution in [3.8, 4) is 0 Å². The van der Waals surface area contributed by atoms with Crippen LogP contribution in [0.4, 0.5) is 5.69 Å². The molecule has 26 heavy (non-hydrogen) atoms. The first-order valence-corrected chi connectivity index (χ1v) is 8.53. The van der Waals surface area contributed by atoms with Gasteiger partial charge in [-0.15, -0.1) is 0 Å². The van der Waals surface area contributed by atoms with Gasteiger partial charge in [0.05, 0.1) is 15.7 Å². The van der Waals surface area contributed by atoms with Crippen LogP contribution in [0.3, 0.4) is 0 Å². The molecule has 0 aliphatic heterocycles. The Labute approximate surface area is 159 Å². The summed E-state index contributed by atoms with van der Waals surface area (Å²) < 4.78 is 6.98. The highest BCUT2D eigenvalue weighted by molar-refractivity contribution is 6.39. The second kappa shape index (κ2) is 7.35. The molecule has 2 aromatic heterocycles. The molecule has 0 radical (unpaired) electrons. The Bertz CT molecular complexity index is 980.